The zero-order chi connectivity index (χ0) is 10.1. The Morgan fingerprint density at radius 3 is 2.87 bits per heavy atom. The van der Waals surface area contributed by atoms with Gasteiger partial charge in [-0.25, -0.2) is 0 Å². The van der Waals surface area contributed by atoms with Gasteiger partial charge in [0.15, 0.2) is 0 Å². The van der Waals surface area contributed by atoms with Crippen LogP contribution in [-0.2, 0) is 6.42 Å². The SMILES string of the molecule is [c]1cccc(C2CCc3ccccc32)c1. The zero-order valence-corrected chi connectivity index (χ0v) is 8.61. The number of hydrogen-bond donors (Lipinski definition) is 0. The minimum Gasteiger partial charge on any atom is -0.0620 e. The first kappa shape index (κ1) is 8.72. The van der Waals surface area contributed by atoms with Gasteiger partial charge in [0.1, 0.15) is 0 Å². The highest BCUT2D eigenvalue weighted by atomic mass is 14.3. The summed E-state index contributed by atoms with van der Waals surface area (Å²) in [5.41, 5.74) is 4.44. The van der Waals surface area contributed by atoms with E-state index in [1.807, 2.05) is 6.07 Å². The van der Waals surface area contributed by atoms with Gasteiger partial charge in [0, 0.05) is 5.92 Å². The van der Waals surface area contributed by atoms with Gasteiger partial charge in [-0.3, -0.25) is 0 Å². The second-order valence-corrected chi connectivity index (χ2v) is 4.13. The average molecular weight is 193 g/mol. The summed E-state index contributed by atoms with van der Waals surface area (Å²) in [7, 11) is 0. The molecule has 0 heterocycles. The van der Waals surface area contributed by atoms with Crippen LogP contribution in [0.4, 0.5) is 0 Å². The Morgan fingerprint density at radius 2 is 2.00 bits per heavy atom. The fourth-order valence-electron chi connectivity index (χ4n) is 2.53. The molecule has 0 nitrogen and oxygen atoms in total. The molecule has 0 aliphatic heterocycles. The van der Waals surface area contributed by atoms with Gasteiger partial charge in [0.25, 0.3) is 0 Å². The summed E-state index contributed by atoms with van der Waals surface area (Å²) in [5, 5.41) is 0. The second-order valence-electron chi connectivity index (χ2n) is 4.13. The topological polar surface area (TPSA) is 0 Å². The van der Waals surface area contributed by atoms with E-state index in [1.54, 1.807) is 0 Å². The largest absolute Gasteiger partial charge is 0.0620 e. The van der Waals surface area contributed by atoms with E-state index in [2.05, 4.69) is 48.5 Å². The molecule has 1 aliphatic carbocycles. The molecule has 1 aliphatic rings. The minimum atomic E-state index is 0.596. The first-order chi connectivity index (χ1) is 7.45. The summed E-state index contributed by atoms with van der Waals surface area (Å²) in [5.74, 6) is 0.596. The molecule has 0 heteroatoms. The fourth-order valence-corrected chi connectivity index (χ4v) is 2.53. The lowest BCUT2D eigenvalue weighted by Gasteiger charge is -2.11. The van der Waals surface area contributed by atoms with E-state index >= 15 is 0 Å². The van der Waals surface area contributed by atoms with Crippen molar-refractivity contribution in [2.75, 3.05) is 0 Å². The van der Waals surface area contributed by atoms with Crippen molar-refractivity contribution >= 4 is 0 Å². The maximum absolute atomic E-state index is 3.17. The standard InChI is InChI=1S/C15H13/c1-2-6-12(7-3-1)15-11-10-13-8-4-5-9-14(13)15/h1-2,4-9,15H,10-11H2. The molecule has 0 saturated heterocycles. The summed E-state index contributed by atoms with van der Waals surface area (Å²) in [6.07, 6.45) is 2.47. The maximum atomic E-state index is 3.17. The van der Waals surface area contributed by atoms with Gasteiger partial charge >= 0.3 is 0 Å². The van der Waals surface area contributed by atoms with Crippen molar-refractivity contribution < 1.29 is 0 Å². The van der Waals surface area contributed by atoms with Crippen LogP contribution in [0, 0.1) is 6.07 Å². The summed E-state index contributed by atoms with van der Waals surface area (Å²) in [4.78, 5) is 0. The lowest BCUT2D eigenvalue weighted by atomic mass is 9.93. The van der Waals surface area contributed by atoms with Crippen LogP contribution in [-0.4, -0.2) is 0 Å². The van der Waals surface area contributed by atoms with E-state index < -0.39 is 0 Å². The number of aryl methyl sites for hydroxylation is 1. The Morgan fingerprint density at radius 1 is 1.07 bits per heavy atom. The Labute approximate surface area is 90.6 Å². The van der Waals surface area contributed by atoms with Crippen LogP contribution in [0.25, 0.3) is 0 Å². The zero-order valence-electron chi connectivity index (χ0n) is 8.61. The first-order valence-corrected chi connectivity index (χ1v) is 5.49. The average Bonchev–Trinajstić information content (AvgIpc) is 2.74. The van der Waals surface area contributed by atoms with E-state index in [-0.39, 0.29) is 0 Å². The quantitative estimate of drug-likeness (QED) is 0.649. The summed E-state index contributed by atoms with van der Waals surface area (Å²) >= 11 is 0. The van der Waals surface area contributed by atoms with Gasteiger partial charge in [-0.2, -0.15) is 0 Å². The smallest absolute Gasteiger partial charge is 0.00954 e. The van der Waals surface area contributed by atoms with Crippen LogP contribution in [0.3, 0.4) is 0 Å². The fraction of sp³-hybridized carbons (Fsp3) is 0.200. The van der Waals surface area contributed by atoms with Crippen LogP contribution in [0.5, 0.6) is 0 Å². The molecule has 1 unspecified atom stereocenters. The highest BCUT2D eigenvalue weighted by molar-refractivity contribution is 5.41. The molecule has 0 N–H and O–H groups in total. The molecular formula is C15H13. The molecular weight excluding hydrogens is 180 g/mol. The van der Waals surface area contributed by atoms with Gasteiger partial charge in [-0.05, 0) is 35.6 Å². The van der Waals surface area contributed by atoms with E-state index in [1.165, 1.54) is 29.5 Å². The summed E-state index contributed by atoms with van der Waals surface area (Å²) in [6.45, 7) is 0. The van der Waals surface area contributed by atoms with Crippen molar-refractivity contribution in [1.29, 1.82) is 0 Å². The second kappa shape index (κ2) is 3.54. The predicted octanol–water partition coefficient (Wildman–Crippen LogP) is 3.56. The normalized spacial score (nSPS) is 18.8. The van der Waals surface area contributed by atoms with Gasteiger partial charge in [0.05, 0.1) is 0 Å². The molecule has 1 radical (unpaired) electrons. The van der Waals surface area contributed by atoms with E-state index in [4.69, 9.17) is 0 Å². The molecule has 15 heavy (non-hydrogen) atoms. The van der Waals surface area contributed by atoms with Crippen molar-refractivity contribution in [3.8, 4) is 0 Å². The highest BCUT2D eigenvalue weighted by Crippen LogP contribution is 2.37. The van der Waals surface area contributed by atoms with Crippen LogP contribution in [0.1, 0.15) is 29.0 Å². The maximum Gasteiger partial charge on any atom is 0.00954 e. The molecule has 3 rings (SSSR count). The highest BCUT2D eigenvalue weighted by Gasteiger charge is 2.22. The first-order valence-electron chi connectivity index (χ1n) is 5.49. The van der Waals surface area contributed by atoms with Crippen molar-refractivity contribution in [1.82, 2.24) is 0 Å². The third-order valence-corrected chi connectivity index (χ3v) is 3.27. The Hall–Kier alpha value is -1.56. The summed E-state index contributed by atoms with van der Waals surface area (Å²) in [6, 6.07) is 20.3. The van der Waals surface area contributed by atoms with Crippen molar-refractivity contribution in [2.45, 2.75) is 18.8 Å². The predicted molar refractivity (Wildman–Crippen MR) is 61.9 cm³/mol. The number of fused-ring (bicyclic) bond motifs is 1. The molecule has 0 fully saturated rings. The van der Waals surface area contributed by atoms with E-state index in [0.29, 0.717) is 5.92 Å². The number of rotatable bonds is 1. The molecule has 1 atom stereocenters. The molecule has 0 bridgehead atoms. The monoisotopic (exact) mass is 193 g/mol. The van der Waals surface area contributed by atoms with E-state index in [9.17, 15) is 0 Å². The number of hydrogen-bond acceptors (Lipinski definition) is 0. The van der Waals surface area contributed by atoms with Gasteiger partial charge in [0.2, 0.25) is 0 Å². The van der Waals surface area contributed by atoms with Crippen LogP contribution < -0.4 is 0 Å². The van der Waals surface area contributed by atoms with Crippen LogP contribution >= 0.6 is 0 Å². The Balaban J connectivity index is 2.05. The minimum absolute atomic E-state index is 0.596. The Bertz CT molecular complexity index is 456. The molecule has 0 saturated carbocycles. The lowest BCUT2D eigenvalue weighted by molar-refractivity contribution is 0.788. The van der Waals surface area contributed by atoms with Gasteiger partial charge < -0.3 is 0 Å². The number of benzene rings is 2. The molecule has 0 spiro atoms. The third kappa shape index (κ3) is 1.46. The van der Waals surface area contributed by atoms with E-state index in [0.717, 1.165) is 0 Å². The van der Waals surface area contributed by atoms with Crippen LogP contribution in [0.2, 0.25) is 0 Å². The molecule has 0 aromatic heterocycles. The van der Waals surface area contributed by atoms with Crippen molar-refractivity contribution in [3.63, 3.8) is 0 Å². The molecule has 2 aromatic carbocycles. The third-order valence-electron chi connectivity index (χ3n) is 3.27. The molecule has 73 valence electrons. The molecule has 2 aromatic rings. The van der Waals surface area contributed by atoms with Crippen LogP contribution in [0.15, 0.2) is 48.5 Å². The van der Waals surface area contributed by atoms with Crippen molar-refractivity contribution in [3.05, 3.63) is 71.3 Å². The van der Waals surface area contributed by atoms with Gasteiger partial charge in [-0.1, -0.05) is 48.5 Å². The van der Waals surface area contributed by atoms with Crippen molar-refractivity contribution in [2.24, 2.45) is 0 Å². The Kier molecular flexibility index (Phi) is 2.06. The summed E-state index contributed by atoms with van der Waals surface area (Å²) < 4.78 is 0. The molecule has 0 amide bonds. The van der Waals surface area contributed by atoms with Gasteiger partial charge in [-0.15, -0.1) is 0 Å². The lowest BCUT2D eigenvalue weighted by Crippen LogP contribution is -1.95.